The van der Waals surface area contributed by atoms with Crippen molar-refractivity contribution in [3.05, 3.63) is 65.7 Å². The molecule has 1 aromatic carbocycles. The minimum Gasteiger partial charge on any atom is -0.496 e. The summed E-state index contributed by atoms with van der Waals surface area (Å²) in [6.07, 6.45) is 14.8. The number of para-hydroxylation sites is 1. The number of ether oxygens (including phenoxy) is 1. The first kappa shape index (κ1) is 27.9. The Morgan fingerprint density at radius 3 is 2.54 bits per heavy atom. The molecule has 2 unspecified atom stereocenters. The summed E-state index contributed by atoms with van der Waals surface area (Å²) in [6, 6.07) is 7.38. The van der Waals surface area contributed by atoms with Crippen LogP contribution in [0, 0.1) is 22.7 Å². The summed E-state index contributed by atoms with van der Waals surface area (Å²) in [6.45, 7) is 2.11. The summed E-state index contributed by atoms with van der Waals surface area (Å²) in [5, 5.41) is 19.2. The molecule has 0 heterocycles. The summed E-state index contributed by atoms with van der Waals surface area (Å²) in [5.41, 5.74) is 15.1. The minimum atomic E-state index is -0.227. The lowest BCUT2D eigenvalue weighted by Crippen LogP contribution is -2.28. The summed E-state index contributed by atoms with van der Waals surface area (Å²) in [5.74, 6) is 0.958. The van der Waals surface area contributed by atoms with Crippen LogP contribution in [0.3, 0.4) is 0 Å². The molecule has 190 valence electrons. The molecule has 2 atom stereocenters. The van der Waals surface area contributed by atoms with Crippen LogP contribution in [0.4, 0.5) is 0 Å². The predicted molar refractivity (Wildman–Crippen MR) is 144 cm³/mol. The summed E-state index contributed by atoms with van der Waals surface area (Å²) in [7, 11) is 1.58. The number of nitrogens with two attached hydrogens (primary N) is 2. The molecule has 7 nitrogen and oxygen atoms in total. The van der Waals surface area contributed by atoms with Gasteiger partial charge < -0.3 is 32.3 Å². The molecule has 0 radical (unpaired) electrons. The van der Waals surface area contributed by atoms with Crippen LogP contribution in [-0.2, 0) is 11.2 Å². The normalized spacial score (nSPS) is 19.3. The Balaban J connectivity index is 1.95. The quantitative estimate of drug-likeness (QED) is 0.164. The molecule has 1 fully saturated rings. The van der Waals surface area contributed by atoms with Crippen molar-refractivity contribution < 1.29 is 9.53 Å². The minimum absolute atomic E-state index is 0.131. The van der Waals surface area contributed by atoms with Gasteiger partial charge in [0.2, 0.25) is 5.91 Å². The Hall–Kier alpha value is -3.35. The summed E-state index contributed by atoms with van der Waals surface area (Å²) >= 11 is 0. The number of methoxy groups -OCH3 is 1. The number of benzene rings is 1. The summed E-state index contributed by atoms with van der Waals surface area (Å²) < 4.78 is 5.29. The van der Waals surface area contributed by atoms with Crippen LogP contribution in [0.1, 0.15) is 63.9 Å². The third kappa shape index (κ3) is 9.81. The van der Waals surface area contributed by atoms with E-state index >= 15 is 0 Å². The average Bonchev–Trinajstić information content (AvgIpc) is 3.11. The molecule has 0 spiro atoms. The fourth-order valence-electron chi connectivity index (χ4n) is 4.31. The molecule has 0 saturated heterocycles. The second kappa shape index (κ2) is 14.8. The predicted octanol–water partition coefficient (Wildman–Crippen LogP) is 4.98. The van der Waals surface area contributed by atoms with Gasteiger partial charge in [0.1, 0.15) is 11.6 Å². The largest absolute Gasteiger partial charge is 0.496 e. The first-order valence-electron chi connectivity index (χ1n) is 12.5. The molecule has 0 bridgehead atoms. The topological polar surface area (TPSA) is 138 Å². The first-order valence-corrected chi connectivity index (χ1v) is 12.5. The number of amides is 1. The Bertz CT molecular complexity index is 964. The molecule has 1 saturated carbocycles. The zero-order valence-corrected chi connectivity index (χ0v) is 21.1. The van der Waals surface area contributed by atoms with E-state index in [1.165, 1.54) is 0 Å². The molecule has 1 aliphatic rings. The van der Waals surface area contributed by atoms with E-state index in [0.29, 0.717) is 22.9 Å². The van der Waals surface area contributed by atoms with E-state index in [1.54, 1.807) is 31.4 Å². The van der Waals surface area contributed by atoms with Crippen LogP contribution in [0.25, 0.3) is 0 Å². The van der Waals surface area contributed by atoms with Crippen molar-refractivity contribution in [1.29, 1.82) is 10.8 Å². The van der Waals surface area contributed by atoms with Crippen molar-refractivity contribution in [3.63, 3.8) is 0 Å². The van der Waals surface area contributed by atoms with E-state index < -0.39 is 0 Å². The van der Waals surface area contributed by atoms with Gasteiger partial charge in [-0.2, -0.15) is 0 Å². The van der Waals surface area contributed by atoms with Gasteiger partial charge >= 0.3 is 0 Å². The van der Waals surface area contributed by atoms with Crippen LogP contribution >= 0.6 is 0 Å². The van der Waals surface area contributed by atoms with Gasteiger partial charge in [-0.05, 0) is 68.4 Å². The number of hydrogen-bond donors (Lipinski definition) is 5. The van der Waals surface area contributed by atoms with Crippen molar-refractivity contribution in [1.82, 2.24) is 5.32 Å². The number of carbonyl (C=O) groups excluding carboxylic acids is 1. The van der Waals surface area contributed by atoms with E-state index in [4.69, 9.17) is 27.0 Å². The van der Waals surface area contributed by atoms with Gasteiger partial charge in [-0.15, -0.1) is 0 Å². The first-order chi connectivity index (χ1) is 16.8. The molecule has 7 heteroatoms. The highest BCUT2D eigenvalue weighted by molar-refractivity contribution is 6.02. The van der Waals surface area contributed by atoms with E-state index in [1.807, 2.05) is 24.3 Å². The number of allylic oxidation sites excluding steroid dienone is 5. The van der Waals surface area contributed by atoms with E-state index in [0.717, 1.165) is 56.9 Å². The maximum Gasteiger partial charge on any atom is 0.230 e. The van der Waals surface area contributed by atoms with Gasteiger partial charge in [0.25, 0.3) is 0 Å². The highest BCUT2D eigenvalue weighted by Gasteiger charge is 2.23. The van der Waals surface area contributed by atoms with Crippen molar-refractivity contribution in [2.45, 2.75) is 64.7 Å². The molecule has 0 aromatic heterocycles. The van der Waals surface area contributed by atoms with Gasteiger partial charge in [-0.3, -0.25) is 4.79 Å². The number of unbranched alkanes of at least 4 members (excludes halogenated alkanes) is 1. The van der Waals surface area contributed by atoms with Crippen LogP contribution in [0.15, 0.2) is 60.1 Å². The molecule has 7 N–H and O–H groups in total. The lowest BCUT2D eigenvalue weighted by Gasteiger charge is -2.20. The van der Waals surface area contributed by atoms with Crippen molar-refractivity contribution in [2.24, 2.45) is 23.3 Å². The van der Waals surface area contributed by atoms with Crippen LogP contribution in [-0.4, -0.2) is 24.4 Å². The molecule has 0 aliphatic heterocycles. The Morgan fingerprint density at radius 2 is 1.83 bits per heavy atom. The Kier molecular flexibility index (Phi) is 11.8. The fraction of sp³-hybridized carbons (Fsp3) is 0.464. The number of carbonyl (C=O) groups is 1. The van der Waals surface area contributed by atoms with Crippen LogP contribution in [0.5, 0.6) is 5.75 Å². The average molecular weight is 480 g/mol. The van der Waals surface area contributed by atoms with Gasteiger partial charge in [-0.1, -0.05) is 44.4 Å². The van der Waals surface area contributed by atoms with Crippen LogP contribution in [0.2, 0.25) is 0 Å². The zero-order chi connectivity index (χ0) is 25.6. The van der Waals surface area contributed by atoms with Crippen molar-refractivity contribution in [3.8, 4) is 5.75 Å². The Morgan fingerprint density at radius 1 is 1.11 bits per heavy atom. The smallest absolute Gasteiger partial charge is 0.230 e. The van der Waals surface area contributed by atoms with E-state index in [-0.39, 0.29) is 30.0 Å². The molecule has 1 amide bonds. The lowest BCUT2D eigenvalue weighted by molar-refractivity contribution is -0.119. The van der Waals surface area contributed by atoms with Gasteiger partial charge in [0.15, 0.2) is 0 Å². The van der Waals surface area contributed by atoms with Crippen LogP contribution < -0.4 is 21.5 Å². The van der Waals surface area contributed by atoms with E-state index in [9.17, 15) is 4.79 Å². The van der Waals surface area contributed by atoms with Crippen molar-refractivity contribution >= 4 is 17.3 Å². The highest BCUT2D eigenvalue weighted by Crippen LogP contribution is 2.31. The molecule has 35 heavy (non-hydrogen) atoms. The van der Waals surface area contributed by atoms with Gasteiger partial charge in [0, 0.05) is 28.6 Å². The third-order valence-electron chi connectivity index (χ3n) is 6.38. The zero-order valence-electron chi connectivity index (χ0n) is 21.1. The fourth-order valence-corrected chi connectivity index (χ4v) is 4.31. The van der Waals surface area contributed by atoms with Gasteiger partial charge in [0.05, 0.1) is 13.5 Å². The number of hydrogen-bond acceptors (Lipinski definition) is 6. The maximum absolute atomic E-state index is 12.4. The monoisotopic (exact) mass is 479 g/mol. The summed E-state index contributed by atoms with van der Waals surface area (Å²) in [4.78, 5) is 12.4. The molecule has 1 aliphatic carbocycles. The molecular weight excluding hydrogens is 438 g/mol. The number of nitrogens with one attached hydrogen (secondary N) is 3. The third-order valence-corrected chi connectivity index (χ3v) is 6.38. The SMILES string of the molecule is CCCCC(=N)/C=C\C(=N)C1CCCCC(/C(N)=C/C=C(\N)NC(=O)Cc2ccccc2OC)C1. The van der Waals surface area contributed by atoms with Gasteiger partial charge in [-0.25, -0.2) is 0 Å². The Labute approximate surface area is 209 Å². The van der Waals surface area contributed by atoms with E-state index in [2.05, 4.69) is 12.2 Å². The molecule has 2 rings (SSSR count). The molecular formula is C28H41N5O2. The van der Waals surface area contributed by atoms with Crippen molar-refractivity contribution in [2.75, 3.05) is 7.11 Å². The lowest BCUT2D eigenvalue weighted by atomic mass is 9.87. The second-order valence-electron chi connectivity index (χ2n) is 9.16. The molecule has 1 aromatic rings. The highest BCUT2D eigenvalue weighted by atomic mass is 16.5. The number of rotatable bonds is 12. The maximum atomic E-state index is 12.4. The second-order valence-corrected chi connectivity index (χ2v) is 9.16. The standard InChI is InChI=1S/C28H41N5O2/c1-3-4-12-23(29)14-15-24(30)20-9-5-6-10-21(18-20)25(31)16-17-27(32)33-28(34)19-22-11-7-8-13-26(22)35-2/h7-8,11,13-17,20-21,29-30H,3-6,9-10,12,18-19,31-32H2,1-2H3,(H,33,34)/b15-14-,25-16-,27-17+,29-23?,30-24?.